The molecule has 0 atom stereocenters. The molecule has 0 aliphatic carbocycles. The number of hydrogen-bond acceptors (Lipinski definition) is 4. The number of rotatable bonds is 1. The van der Waals surface area contributed by atoms with Crippen LogP contribution in [-0.2, 0) is 4.79 Å². The molecule has 2 rings (SSSR count). The van der Waals surface area contributed by atoms with Gasteiger partial charge in [-0.05, 0) is 36.7 Å². The van der Waals surface area contributed by atoms with Gasteiger partial charge in [-0.15, -0.1) is 0 Å². The van der Waals surface area contributed by atoms with E-state index in [0.29, 0.717) is 5.69 Å². The minimum Gasteiger partial charge on any atom is -0.211 e. The summed E-state index contributed by atoms with van der Waals surface area (Å²) in [6.45, 7) is 1.94. The van der Waals surface area contributed by atoms with Gasteiger partial charge in [-0.2, -0.15) is 9.37 Å². The predicted molar refractivity (Wildman–Crippen MR) is 52.1 cm³/mol. The summed E-state index contributed by atoms with van der Waals surface area (Å²) >= 11 is 1.45. The normalized spacial score (nSPS) is 9.92. The fourth-order valence-electron chi connectivity index (χ4n) is 1.17. The lowest BCUT2D eigenvalue weighted by molar-refractivity contribution is 0.565. The molecule has 0 aliphatic heterocycles. The zero-order valence-electron chi connectivity index (χ0n) is 6.94. The van der Waals surface area contributed by atoms with Crippen LogP contribution < -0.4 is 0 Å². The Kier molecular flexibility index (Phi) is 1.93. The topological polar surface area (TPSA) is 42.3 Å². The smallest absolute Gasteiger partial charge is 0.211 e. The summed E-state index contributed by atoms with van der Waals surface area (Å²) in [5, 5.41) is 1.06. The Labute approximate surface area is 78.9 Å². The molecule has 0 radical (unpaired) electrons. The molecule has 1 aromatic carbocycles. The highest BCUT2D eigenvalue weighted by molar-refractivity contribution is 7.13. The van der Waals surface area contributed by atoms with E-state index in [1.807, 2.05) is 19.1 Å². The third-order valence-corrected chi connectivity index (χ3v) is 2.73. The molecule has 0 amide bonds. The predicted octanol–water partition coefficient (Wildman–Crippen LogP) is 2.57. The van der Waals surface area contributed by atoms with Gasteiger partial charge in [0.05, 0.1) is 16.1 Å². The highest BCUT2D eigenvalue weighted by Gasteiger charge is 2.01. The van der Waals surface area contributed by atoms with Gasteiger partial charge in [0.1, 0.15) is 0 Å². The summed E-state index contributed by atoms with van der Waals surface area (Å²) in [6, 6.07) is 5.54. The molecule has 13 heavy (non-hydrogen) atoms. The van der Waals surface area contributed by atoms with Gasteiger partial charge in [-0.25, -0.2) is 4.79 Å². The second kappa shape index (κ2) is 3.09. The van der Waals surface area contributed by atoms with Crippen molar-refractivity contribution < 1.29 is 4.79 Å². The maximum Gasteiger partial charge on any atom is 0.240 e. The van der Waals surface area contributed by atoms with Crippen LogP contribution in [0, 0.1) is 6.92 Å². The number of aliphatic imine (C=N–C) groups is 1. The van der Waals surface area contributed by atoms with E-state index in [-0.39, 0.29) is 0 Å². The van der Waals surface area contributed by atoms with Crippen molar-refractivity contribution in [3.05, 3.63) is 23.9 Å². The van der Waals surface area contributed by atoms with Crippen LogP contribution in [0.1, 0.15) is 5.69 Å². The standard InChI is InChI=1S/C9H6N2OS/c1-6-8-4-7(10-5-12)2-3-9(8)13-11-6/h2-4H,1H3. The molecule has 3 nitrogen and oxygen atoms in total. The van der Waals surface area contributed by atoms with Crippen LogP contribution in [0.25, 0.3) is 10.1 Å². The molecule has 0 saturated carbocycles. The highest BCUT2D eigenvalue weighted by atomic mass is 32.1. The SMILES string of the molecule is Cc1nsc2ccc(N=C=O)cc12. The Morgan fingerprint density at radius 2 is 2.38 bits per heavy atom. The lowest BCUT2D eigenvalue weighted by atomic mass is 10.2. The van der Waals surface area contributed by atoms with Gasteiger partial charge in [0.25, 0.3) is 0 Å². The second-order valence-electron chi connectivity index (χ2n) is 2.65. The van der Waals surface area contributed by atoms with E-state index in [4.69, 9.17) is 0 Å². The molecule has 0 fully saturated rings. The summed E-state index contributed by atoms with van der Waals surface area (Å²) in [6.07, 6.45) is 1.52. The molecule has 1 heterocycles. The van der Waals surface area contributed by atoms with Crippen LogP contribution in [-0.4, -0.2) is 10.5 Å². The number of hydrogen-bond donors (Lipinski definition) is 0. The number of aryl methyl sites for hydroxylation is 1. The Hall–Kier alpha value is -1.51. The van der Waals surface area contributed by atoms with Crippen molar-refractivity contribution in [1.82, 2.24) is 4.37 Å². The molecule has 64 valence electrons. The number of benzene rings is 1. The highest BCUT2D eigenvalue weighted by Crippen LogP contribution is 2.26. The summed E-state index contributed by atoms with van der Waals surface area (Å²) < 4.78 is 5.31. The molecule has 0 saturated heterocycles. The second-order valence-corrected chi connectivity index (χ2v) is 3.46. The summed E-state index contributed by atoms with van der Waals surface area (Å²) in [7, 11) is 0. The first-order valence-electron chi connectivity index (χ1n) is 3.75. The molecule has 2 aromatic rings. The molecule has 0 unspecified atom stereocenters. The van der Waals surface area contributed by atoms with Crippen molar-refractivity contribution in [3.63, 3.8) is 0 Å². The molecule has 4 heteroatoms. The molecule has 0 aliphatic rings. The Morgan fingerprint density at radius 3 is 3.15 bits per heavy atom. The van der Waals surface area contributed by atoms with Gasteiger partial charge < -0.3 is 0 Å². The summed E-state index contributed by atoms with van der Waals surface area (Å²) in [5.74, 6) is 0. The number of fused-ring (bicyclic) bond motifs is 1. The van der Waals surface area contributed by atoms with Gasteiger partial charge in [0.15, 0.2) is 0 Å². The van der Waals surface area contributed by atoms with Crippen molar-refractivity contribution in [2.24, 2.45) is 4.99 Å². The first kappa shape index (κ1) is 8.10. The maximum atomic E-state index is 10.0. The van der Waals surface area contributed by atoms with Crippen molar-refractivity contribution in [3.8, 4) is 0 Å². The van der Waals surface area contributed by atoms with Crippen LogP contribution in [0.5, 0.6) is 0 Å². The number of isocyanates is 1. The molecule has 0 bridgehead atoms. The van der Waals surface area contributed by atoms with Crippen LogP contribution >= 0.6 is 11.5 Å². The van der Waals surface area contributed by atoms with Crippen LogP contribution in [0.3, 0.4) is 0 Å². The first-order chi connectivity index (χ1) is 6.31. The molecule has 0 N–H and O–H groups in total. The van der Waals surface area contributed by atoms with Crippen LogP contribution in [0.4, 0.5) is 5.69 Å². The van der Waals surface area contributed by atoms with Gasteiger partial charge in [0, 0.05) is 5.39 Å². The van der Waals surface area contributed by atoms with E-state index in [1.54, 1.807) is 6.07 Å². The van der Waals surface area contributed by atoms with Gasteiger partial charge in [-0.1, -0.05) is 0 Å². The van der Waals surface area contributed by atoms with E-state index in [2.05, 4.69) is 9.37 Å². The van der Waals surface area contributed by atoms with E-state index in [9.17, 15) is 4.79 Å². The Balaban J connectivity index is 2.72. The van der Waals surface area contributed by atoms with E-state index in [0.717, 1.165) is 15.8 Å². The van der Waals surface area contributed by atoms with Crippen LogP contribution in [0.15, 0.2) is 23.2 Å². The molecular formula is C9H6N2OS. The van der Waals surface area contributed by atoms with Crippen molar-refractivity contribution in [2.45, 2.75) is 6.92 Å². The first-order valence-corrected chi connectivity index (χ1v) is 4.52. The molecular weight excluding hydrogens is 184 g/mol. The lowest BCUT2D eigenvalue weighted by Gasteiger charge is -1.91. The fraction of sp³-hybridized carbons (Fsp3) is 0.111. The van der Waals surface area contributed by atoms with Crippen molar-refractivity contribution >= 4 is 33.4 Å². The lowest BCUT2D eigenvalue weighted by Crippen LogP contribution is -1.69. The van der Waals surface area contributed by atoms with Crippen LogP contribution in [0.2, 0.25) is 0 Å². The number of aromatic nitrogens is 1. The minimum atomic E-state index is 0.630. The molecule has 1 aromatic heterocycles. The van der Waals surface area contributed by atoms with Gasteiger partial charge >= 0.3 is 0 Å². The number of carbonyl (C=O) groups excluding carboxylic acids is 1. The average molecular weight is 190 g/mol. The van der Waals surface area contributed by atoms with Gasteiger partial charge in [0.2, 0.25) is 6.08 Å². The quantitative estimate of drug-likeness (QED) is 0.512. The Morgan fingerprint density at radius 1 is 1.54 bits per heavy atom. The zero-order chi connectivity index (χ0) is 9.26. The summed E-state index contributed by atoms with van der Waals surface area (Å²) in [5.41, 5.74) is 1.61. The van der Waals surface area contributed by atoms with E-state index < -0.39 is 0 Å². The van der Waals surface area contributed by atoms with Crippen molar-refractivity contribution in [1.29, 1.82) is 0 Å². The third-order valence-electron chi connectivity index (χ3n) is 1.81. The largest absolute Gasteiger partial charge is 0.240 e. The number of nitrogens with zero attached hydrogens (tertiary/aromatic N) is 2. The Bertz CT molecular complexity index is 497. The minimum absolute atomic E-state index is 0.630. The molecule has 0 spiro atoms. The van der Waals surface area contributed by atoms with Gasteiger partial charge in [-0.3, -0.25) is 0 Å². The van der Waals surface area contributed by atoms with Crippen molar-refractivity contribution in [2.75, 3.05) is 0 Å². The fourth-order valence-corrected chi connectivity index (χ4v) is 1.94. The van der Waals surface area contributed by atoms with E-state index >= 15 is 0 Å². The average Bonchev–Trinajstić information content (AvgIpc) is 2.49. The maximum absolute atomic E-state index is 10.0. The van der Waals surface area contributed by atoms with E-state index in [1.165, 1.54) is 17.6 Å². The summed E-state index contributed by atoms with van der Waals surface area (Å²) in [4.78, 5) is 13.6. The third kappa shape index (κ3) is 1.37. The zero-order valence-corrected chi connectivity index (χ0v) is 7.76. The monoisotopic (exact) mass is 190 g/mol.